The summed E-state index contributed by atoms with van der Waals surface area (Å²) in [6.07, 6.45) is 4.00. The van der Waals surface area contributed by atoms with Crippen LogP contribution in [0, 0.1) is 12.8 Å². The first-order valence-electron chi connectivity index (χ1n) is 2.31. The Kier molecular flexibility index (Phi) is 117. The molecule has 0 unspecified atom stereocenters. The van der Waals surface area contributed by atoms with Gasteiger partial charge in [-0.15, -0.1) is 17.0 Å². The zero-order valence-corrected chi connectivity index (χ0v) is 9.40. The fourth-order valence-corrected chi connectivity index (χ4v) is 0. The van der Waals surface area contributed by atoms with Crippen LogP contribution < -0.4 is 0 Å². The molecular weight excluding hydrogens is 176 g/mol. The van der Waals surface area contributed by atoms with Crippen molar-refractivity contribution < 1.29 is 0 Å². The zero-order valence-electron chi connectivity index (χ0n) is 6.27. The van der Waals surface area contributed by atoms with Gasteiger partial charge in [0, 0.05) is 0 Å². The van der Waals surface area contributed by atoms with Gasteiger partial charge in [-0.1, -0.05) is 0 Å². The van der Waals surface area contributed by atoms with Gasteiger partial charge in [0.15, 0.2) is 0 Å². The maximum absolute atomic E-state index is 2.00. The SMILES string of the molecule is Br.C[CH-]C.C[CH-]C.[Mg+2]. The van der Waals surface area contributed by atoms with E-state index in [0.29, 0.717) is 0 Å². The molecule has 0 N–H and O–H groups in total. The van der Waals surface area contributed by atoms with Crippen molar-refractivity contribution in [3.63, 3.8) is 0 Å². The Labute approximate surface area is 80.4 Å². The molecule has 0 radical (unpaired) electrons. The average Bonchev–Trinajstić information content (AvgIpc) is 1.39. The Hall–Kier alpha value is 1.25. The summed E-state index contributed by atoms with van der Waals surface area (Å²) < 4.78 is 0. The number of rotatable bonds is 0. The van der Waals surface area contributed by atoms with Crippen LogP contribution in [0.4, 0.5) is 0 Å². The van der Waals surface area contributed by atoms with Crippen molar-refractivity contribution in [3.05, 3.63) is 12.8 Å². The molecule has 0 aromatic carbocycles. The van der Waals surface area contributed by atoms with Crippen molar-refractivity contribution >= 4 is 40.0 Å². The van der Waals surface area contributed by atoms with E-state index in [2.05, 4.69) is 0 Å². The van der Waals surface area contributed by atoms with Crippen LogP contribution >= 0.6 is 17.0 Å². The molecule has 0 amide bonds. The van der Waals surface area contributed by atoms with E-state index >= 15 is 0 Å². The minimum atomic E-state index is 0. The summed E-state index contributed by atoms with van der Waals surface area (Å²) in [5.41, 5.74) is 0. The van der Waals surface area contributed by atoms with Crippen LogP contribution in [0.3, 0.4) is 0 Å². The predicted molar refractivity (Wildman–Crippen MR) is 47.4 cm³/mol. The van der Waals surface area contributed by atoms with Gasteiger partial charge in [0.2, 0.25) is 0 Å². The van der Waals surface area contributed by atoms with Crippen molar-refractivity contribution in [2.24, 2.45) is 0 Å². The van der Waals surface area contributed by atoms with Crippen molar-refractivity contribution in [1.29, 1.82) is 0 Å². The fraction of sp³-hybridized carbons (Fsp3) is 0.667. The molecule has 0 rings (SSSR count). The average molecular weight is 191 g/mol. The Morgan fingerprint density at radius 3 is 0.750 bits per heavy atom. The van der Waals surface area contributed by atoms with Crippen molar-refractivity contribution in [2.75, 3.05) is 0 Å². The Balaban J connectivity index is -0.0000000160. The van der Waals surface area contributed by atoms with Crippen LogP contribution in [-0.2, 0) is 0 Å². The van der Waals surface area contributed by atoms with E-state index in [9.17, 15) is 0 Å². The molecule has 0 nitrogen and oxygen atoms in total. The van der Waals surface area contributed by atoms with E-state index < -0.39 is 0 Å². The van der Waals surface area contributed by atoms with E-state index in [1.54, 1.807) is 0 Å². The predicted octanol–water partition coefficient (Wildman–Crippen LogP) is 2.66. The van der Waals surface area contributed by atoms with Gasteiger partial charge in [-0.25, -0.2) is 0 Å². The monoisotopic (exact) mass is 190 g/mol. The van der Waals surface area contributed by atoms with E-state index in [4.69, 9.17) is 0 Å². The molecular formula is C6H15BrMg. The second-order valence-electron chi connectivity index (χ2n) is 1.15. The van der Waals surface area contributed by atoms with Crippen LogP contribution in [-0.4, -0.2) is 23.1 Å². The maximum Gasteiger partial charge on any atom is 2.00 e. The first kappa shape index (κ1) is 22.8. The molecule has 0 aliphatic rings. The third-order valence-corrected chi connectivity index (χ3v) is 0. The summed E-state index contributed by atoms with van der Waals surface area (Å²) in [4.78, 5) is 0. The standard InChI is InChI=1S/2C3H7.BrH.Mg/c2*1-3-2;;/h2*3H,1-2H3;1H;/q2*-1;;+2. The van der Waals surface area contributed by atoms with Gasteiger partial charge in [-0.2, -0.15) is 27.7 Å². The third-order valence-electron chi connectivity index (χ3n) is 0. The minimum absolute atomic E-state index is 0. The molecule has 0 fully saturated rings. The van der Waals surface area contributed by atoms with Crippen molar-refractivity contribution in [2.45, 2.75) is 27.7 Å². The van der Waals surface area contributed by atoms with Crippen LogP contribution in [0.5, 0.6) is 0 Å². The summed E-state index contributed by atoms with van der Waals surface area (Å²) in [5, 5.41) is 0. The van der Waals surface area contributed by atoms with Gasteiger partial charge >= 0.3 is 23.1 Å². The van der Waals surface area contributed by atoms with Gasteiger partial charge in [0.25, 0.3) is 0 Å². The summed E-state index contributed by atoms with van der Waals surface area (Å²) in [7, 11) is 0. The second kappa shape index (κ2) is 41.1. The van der Waals surface area contributed by atoms with E-state index in [0.717, 1.165) is 0 Å². The molecule has 2 heteroatoms. The normalized spacial score (nSPS) is 4.50. The number of halogens is 1. The van der Waals surface area contributed by atoms with E-state index in [1.807, 2.05) is 40.5 Å². The quantitative estimate of drug-likeness (QED) is 0.408. The zero-order chi connectivity index (χ0) is 5.41. The maximum atomic E-state index is 2.00. The van der Waals surface area contributed by atoms with Gasteiger partial charge < -0.3 is 12.8 Å². The Morgan fingerprint density at radius 1 is 0.750 bits per heavy atom. The topological polar surface area (TPSA) is 0 Å². The molecule has 0 aliphatic heterocycles. The van der Waals surface area contributed by atoms with Gasteiger partial charge in [0.1, 0.15) is 0 Å². The van der Waals surface area contributed by atoms with Gasteiger partial charge in [0.05, 0.1) is 0 Å². The second-order valence-corrected chi connectivity index (χ2v) is 1.15. The van der Waals surface area contributed by atoms with Crippen LogP contribution in [0.15, 0.2) is 0 Å². The smallest absolute Gasteiger partial charge is 0.335 e. The first-order valence-corrected chi connectivity index (χ1v) is 2.31. The van der Waals surface area contributed by atoms with Crippen molar-refractivity contribution in [3.8, 4) is 0 Å². The molecule has 0 aromatic rings. The number of hydrogen-bond donors (Lipinski definition) is 0. The molecule has 0 heterocycles. The number of hydrogen-bond acceptors (Lipinski definition) is 0. The van der Waals surface area contributed by atoms with Crippen LogP contribution in [0.25, 0.3) is 0 Å². The minimum Gasteiger partial charge on any atom is -0.335 e. The van der Waals surface area contributed by atoms with E-state index in [1.165, 1.54) is 0 Å². The molecule has 0 aromatic heterocycles. The summed E-state index contributed by atoms with van der Waals surface area (Å²) in [5.74, 6) is 0. The molecule has 48 valence electrons. The van der Waals surface area contributed by atoms with Crippen LogP contribution in [0.2, 0.25) is 0 Å². The molecule has 0 bridgehead atoms. The van der Waals surface area contributed by atoms with Gasteiger partial charge in [-0.3, -0.25) is 0 Å². The largest absolute Gasteiger partial charge is 2.00 e. The Bertz CT molecular complexity index is 10.5. The molecule has 0 aliphatic carbocycles. The first-order chi connectivity index (χ1) is 2.83. The van der Waals surface area contributed by atoms with Gasteiger partial charge in [-0.05, 0) is 0 Å². The molecule has 0 atom stereocenters. The third kappa shape index (κ3) is 182. The summed E-state index contributed by atoms with van der Waals surface area (Å²) >= 11 is 0. The fourth-order valence-electron chi connectivity index (χ4n) is 0. The molecule has 0 saturated carbocycles. The Morgan fingerprint density at radius 2 is 0.750 bits per heavy atom. The van der Waals surface area contributed by atoms with Crippen molar-refractivity contribution in [1.82, 2.24) is 0 Å². The molecule has 0 spiro atoms. The summed E-state index contributed by atoms with van der Waals surface area (Å²) in [6.45, 7) is 8.00. The molecule has 0 saturated heterocycles. The van der Waals surface area contributed by atoms with Crippen LogP contribution in [0.1, 0.15) is 27.7 Å². The van der Waals surface area contributed by atoms with E-state index in [-0.39, 0.29) is 40.0 Å². The summed E-state index contributed by atoms with van der Waals surface area (Å²) in [6, 6.07) is 0. The molecule has 8 heavy (non-hydrogen) atoms.